The molecular weight excluding hydrogens is 468 g/mol. The van der Waals surface area contributed by atoms with Crippen LogP contribution in [0.5, 0.6) is 0 Å². The number of esters is 1. The topological polar surface area (TPSA) is 82.5 Å². The summed E-state index contributed by atoms with van der Waals surface area (Å²) in [5, 5.41) is 23.9. The summed E-state index contributed by atoms with van der Waals surface area (Å²) in [6, 6.07) is 0. The van der Waals surface area contributed by atoms with Gasteiger partial charge in [0.25, 0.3) is 0 Å². The number of hydroxylamine groups is 4. The first-order valence-corrected chi connectivity index (χ1v) is 14.8. The van der Waals surface area contributed by atoms with Crippen LogP contribution in [0.25, 0.3) is 0 Å². The highest BCUT2D eigenvalue weighted by Gasteiger charge is 2.47. The third-order valence-electron chi connectivity index (χ3n) is 8.61. The number of unbranched alkanes of at least 4 members (excludes halogenated alkanes) is 5. The second-order valence-electron chi connectivity index (χ2n) is 14.3. The minimum absolute atomic E-state index is 0.0365. The van der Waals surface area contributed by atoms with Crippen molar-refractivity contribution in [3.8, 4) is 0 Å². The van der Waals surface area contributed by atoms with Gasteiger partial charge in [0.05, 0.1) is 12.0 Å². The van der Waals surface area contributed by atoms with E-state index in [0.29, 0.717) is 12.8 Å². The van der Waals surface area contributed by atoms with E-state index in [2.05, 4.69) is 34.6 Å². The Hall–Kier alpha value is -0.730. The van der Waals surface area contributed by atoms with E-state index in [1.54, 1.807) is 0 Å². The molecule has 1 atom stereocenters. The lowest BCUT2D eigenvalue weighted by molar-refractivity contribution is -0.261. The van der Waals surface area contributed by atoms with Crippen molar-refractivity contribution in [2.75, 3.05) is 6.61 Å². The van der Waals surface area contributed by atoms with E-state index in [4.69, 9.17) is 9.47 Å². The van der Waals surface area contributed by atoms with Crippen LogP contribution in [0, 0.1) is 5.92 Å². The number of hydrogen-bond acceptors (Lipinski definition) is 7. The summed E-state index contributed by atoms with van der Waals surface area (Å²) in [5.41, 5.74) is -1.36. The van der Waals surface area contributed by atoms with Crippen molar-refractivity contribution >= 4 is 5.97 Å². The van der Waals surface area contributed by atoms with Gasteiger partial charge in [0.15, 0.2) is 0 Å². The lowest BCUT2D eigenvalue weighted by Gasteiger charge is -2.51. The first kappa shape index (κ1) is 32.5. The molecule has 2 heterocycles. The van der Waals surface area contributed by atoms with E-state index in [1.165, 1.54) is 29.4 Å². The van der Waals surface area contributed by atoms with Gasteiger partial charge in [-0.3, -0.25) is 4.79 Å². The first-order chi connectivity index (χ1) is 17.0. The van der Waals surface area contributed by atoms with Gasteiger partial charge in [-0.25, -0.2) is 0 Å². The fourth-order valence-corrected chi connectivity index (χ4v) is 6.76. The Kier molecular flexibility index (Phi) is 11.5. The monoisotopic (exact) mass is 526 g/mol. The van der Waals surface area contributed by atoms with E-state index in [0.717, 1.165) is 51.6 Å². The molecule has 2 aliphatic heterocycles. The summed E-state index contributed by atoms with van der Waals surface area (Å²) in [5.74, 6) is -0.105. The van der Waals surface area contributed by atoms with Crippen molar-refractivity contribution in [3.05, 3.63) is 0 Å². The highest BCUT2D eigenvalue weighted by Crippen LogP contribution is 2.39. The molecule has 2 saturated heterocycles. The van der Waals surface area contributed by atoms with Crippen LogP contribution in [0.4, 0.5) is 0 Å². The molecule has 37 heavy (non-hydrogen) atoms. The molecule has 0 bridgehead atoms. The fraction of sp³-hybridized carbons (Fsp3) is 0.967. The summed E-state index contributed by atoms with van der Waals surface area (Å²) in [6.45, 7) is 19.2. The van der Waals surface area contributed by atoms with E-state index >= 15 is 0 Å². The molecule has 0 saturated carbocycles. The molecular formula is C30H58N2O5. The molecule has 1 unspecified atom stereocenters. The van der Waals surface area contributed by atoms with Crippen LogP contribution in [0.1, 0.15) is 139 Å². The Morgan fingerprint density at radius 2 is 1.14 bits per heavy atom. The SMILES string of the molecule is CCC(CCCCCCCCOC1CC(C)(C)N(O)C(C)(C)C1)C(=O)OC1CC(C)(C)N(O)C(C)(C)C1. The minimum atomic E-state index is -0.413. The third-order valence-corrected chi connectivity index (χ3v) is 8.61. The molecule has 0 aromatic rings. The number of ether oxygens (including phenoxy) is 2. The second kappa shape index (κ2) is 13.1. The Bertz CT molecular complexity index is 685. The van der Waals surface area contributed by atoms with Crippen LogP contribution in [-0.4, -0.2) is 67.5 Å². The van der Waals surface area contributed by atoms with Gasteiger partial charge in [-0.2, -0.15) is 10.1 Å². The van der Waals surface area contributed by atoms with Gasteiger partial charge in [0.1, 0.15) is 6.10 Å². The molecule has 2 N–H and O–H groups in total. The van der Waals surface area contributed by atoms with Gasteiger partial charge in [-0.1, -0.05) is 39.0 Å². The molecule has 0 aromatic carbocycles. The summed E-state index contributed by atoms with van der Waals surface area (Å²) in [7, 11) is 0. The van der Waals surface area contributed by atoms with E-state index in [-0.39, 0.29) is 35.2 Å². The maximum Gasteiger partial charge on any atom is 0.309 e. The fourth-order valence-electron chi connectivity index (χ4n) is 6.76. The summed E-state index contributed by atoms with van der Waals surface area (Å²) in [6.07, 6.45) is 11.6. The average Bonchev–Trinajstić information content (AvgIpc) is 2.76. The van der Waals surface area contributed by atoms with Crippen molar-refractivity contribution in [2.24, 2.45) is 5.92 Å². The Labute approximate surface area is 227 Å². The van der Waals surface area contributed by atoms with Gasteiger partial charge in [0.2, 0.25) is 0 Å². The zero-order valence-electron chi connectivity index (χ0n) is 25.4. The quantitative estimate of drug-likeness (QED) is 0.195. The van der Waals surface area contributed by atoms with Crippen molar-refractivity contribution in [2.45, 2.75) is 174 Å². The Morgan fingerprint density at radius 1 is 0.730 bits per heavy atom. The number of nitrogens with zero attached hydrogens (tertiary/aromatic N) is 2. The molecule has 0 radical (unpaired) electrons. The average molecular weight is 527 g/mol. The van der Waals surface area contributed by atoms with Crippen molar-refractivity contribution in [1.29, 1.82) is 0 Å². The number of piperidine rings is 2. The standard InChI is InChI=1S/C30H58N2O5/c1-10-23(26(33)37-25-21-29(6,7)32(35)30(8,9)22-25)17-15-13-11-12-14-16-18-36-24-19-27(2,3)31(34)28(4,5)20-24/h23-25,34-35H,10-22H2,1-9H3. The normalized spacial score (nSPS) is 25.2. The maximum atomic E-state index is 12.9. The number of carbonyl (C=O) groups is 1. The van der Waals surface area contributed by atoms with Crippen LogP contribution < -0.4 is 0 Å². The van der Waals surface area contributed by atoms with Gasteiger partial charge in [0, 0.05) is 41.6 Å². The molecule has 0 aliphatic carbocycles. The van der Waals surface area contributed by atoms with Gasteiger partial charge in [-0.05, 0) is 87.5 Å². The molecule has 2 rings (SSSR count). The second-order valence-corrected chi connectivity index (χ2v) is 14.3. The zero-order valence-corrected chi connectivity index (χ0v) is 25.4. The Balaban J connectivity index is 1.59. The lowest BCUT2D eigenvalue weighted by Crippen LogP contribution is -2.60. The lowest BCUT2D eigenvalue weighted by atomic mass is 9.80. The van der Waals surface area contributed by atoms with E-state index in [1.807, 2.05) is 27.7 Å². The molecule has 0 amide bonds. The highest BCUT2D eigenvalue weighted by atomic mass is 16.5. The van der Waals surface area contributed by atoms with E-state index < -0.39 is 11.1 Å². The minimum Gasteiger partial charge on any atom is -0.462 e. The third kappa shape index (κ3) is 9.16. The summed E-state index contributed by atoms with van der Waals surface area (Å²) in [4.78, 5) is 12.9. The highest BCUT2D eigenvalue weighted by molar-refractivity contribution is 5.72. The van der Waals surface area contributed by atoms with Gasteiger partial charge >= 0.3 is 5.97 Å². The smallest absolute Gasteiger partial charge is 0.309 e. The number of carbonyl (C=O) groups excluding carboxylic acids is 1. The predicted molar refractivity (Wildman–Crippen MR) is 148 cm³/mol. The first-order valence-electron chi connectivity index (χ1n) is 14.8. The Morgan fingerprint density at radius 3 is 1.59 bits per heavy atom. The predicted octanol–water partition coefficient (Wildman–Crippen LogP) is 7.12. The van der Waals surface area contributed by atoms with Gasteiger partial charge < -0.3 is 19.9 Å². The van der Waals surface area contributed by atoms with Crippen molar-refractivity contribution in [1.82, 2.24) is 10.1 Å². The van der Waals surface area contributed by atoms with Crippen LogP contribution in [-0.2, 0) is 14.3 Å². The summed E-state index contributed by atoms with van der Waals surface area (Å²) < 4.78 is 12.2. The molecule has 0 spiro atoms. The number of rotatable bonds is 13. The van der Waals surface area contributed by atoms with Crippen LogP contribution >= 0.6 is 0 Å². The zero-order chi connectivity index (χ0) is 28.1. The van der Waals surface area contributed by atoms with Gasteiger partial charge in [-0.15, -0.1) is 0 Å². The van der Waals surface area contributed by atoms with Crippen LogP contribution in [0.2, 0.25) is 0 Å². The molecule has 7 heteroatoms. The largest absolute Gasteiger partial charge is 0.462 e. The van der Waals surface area contributed by atoms with Crippen LogP contribution in [0.3, 0.4) is 0 Å². The maximum absolute atomic E-state index is 12.9. The summed E-state index contributed by atoms with van der Waals surface area (Å²) >= 11 is 0. The molecule has 2 fully saturated rings. The van der Waals surface area contributed by atoms with Crippen molar-refractivity contribution < 1.29 is 24.7 Å². The molecule has 2 aliphatic rings. The van der Waals surface area contributed by atoms with E-state index in [9.17, 15) is 15.2 Å². The number of hydrogen-bond donors (Lipinski definition) is 2. The molecule has 218 valence electrons. The molecule has 0 aromatic heterocycles. The van der Waals surface area contributed by atoms with Crippen molar-refractivity contribution in [3.63, 3.8) is 0 Å². The molecule has 7 nitrogen and oxygen atoms in total. The van der Waals surface area contributed by atoms with Crippen LogP contribution in [0.15, 0.2) is 0 Å².